The maximum Gasteiger partial charge on any atom is 0.338 e. The number of carbonyl (C=O) groups excluding carboxylic acids is 1. The molecule has 2 aromatic heterocycles. The van der Waals surface area contributed by atoms with Crippen LogP contribution in [0.3, 0.4) is 0 Å². The SMILES string of the molecule is CCCC1=C(C(=O)OCC)[C@@H](c2cccc(OC)c2)n2c(s/c(=C\c3cc(C)n(-c4cccc(C(=O)O)c4)c3C)c2=O)=N1. The maximum absolute atomic E-state index is 14.1. The summed E-state index contributed by atoms with van der Waals surface area (Å²) in [6, 6.07) is 15.3. The van der Waals surface area contributed by atoms with Crippen LogP contribution in [0.1, 0.15) is 65.6 Å². The molecule has 0 radical (unpaired) electrons. The van der Waals surface area contributed by atoms with Crippen LogP contribution in [-0.4, -0.2) is 39.9 Å². The summed E-state index contributed by atoms with van der Waals surface area (Å²) >= 11 is 1.27. The minimum absolute atomic E-state index is 0.192. The molecule has 0 fully saturated rings. The van der Waals surface area contributed by atoms with Crippen molar-refractivity contribution in [2.45, 2.75) is 46.6 Å². The Balaban J connectivity index is 1.72. The number of carbonyl (C=O) groups is 2. The van der Waals surface area contributed by atoms with Gasteiger partial charge in [0.1, 0.15) is 5.75 Å². The van der Waals surface area contributed by atoms with Crippen molar-refractivity contribution < 1.29 is 24.2 Å². The van der Waals surface area contributed by atoms with Crippen molar-refractivity contribution in [1.29, 1.82) is 0 Å². The van der Waals surface area contributed by atoms with Crippen LogP contribution < -0.4 is 19.6 Å². The highest BCUT2D eigenvalue weighted by Crippen LogP contribution is 2.34. The predicted molar refractivity (Wildman–Crippen MR) is 165 cm³/mol. The first-order valence-corrected chi connectivity index (χ1v) is 14.9. The molecule has 3 heterocycles. The number of benzene rings is 2. The van der Waals surface area contributed by atoms with Gasteiger partial charge in [-0.15, -0.1) is 0 Å². The number of methoxy groups -OCH3 is 1. The average Bonchev–Trinajstić information content (AvgIpc) is 3.46. The van der Waals surface area contributed by atoms with Gasteiger partial charge in [-0.25, -0.2) is 14.6 Å². The molecule has 1 aliphatic heterocycles. The third-order valence-electron chi connectivity index (χ3n) is 7.41. The lowest BCUT2D eigenvalue weighted by molar-refractivity contribution is -0.139. The van der Waals surface area contributed by atoms with Gasteiger partial charge in [0.2, 0.25) is 0 Å². The number of thiazole rings is 1. The standard InChI is InChI=1S/C33H33N3O6S/c1-6-10-26-28(32(40)42-7-2)29(21-11-9-14-25(17-21)41-5)36-30(37)27(43-33(36)34-26)18-23-15-19(3)35(20(23)4)24-13-8-12-22(16-24)31(38)39/h8-9,11-18,29H,6-7,10H2,1-5H3,(H,38,39)/b27-18-/t29-/m1/s1. The molecule has 5 rings (SSSR count). The molecule has 0 spiro atoms. The number of ether oxygens (including phenoxy) is 2. The summed E-state index contributed by atoms with van der Waals surface area (Å²) in [6.07, 6.45) is 3.15. The predicted octanol–water partition coefficient (Wildman–Crippen LogP) is 4.69. The Morgan fingerprint density at radius 2 is 1.86 bits per heavy atom. The summed E-state index contributed by atoms with van der Waals surface area (Å²) < 4.78 is 14.9. The molecule has 2 aromatic carbocycles. The van der Waals surface area contributed by atoms with E-state index in [9.17, 15) is 19.5 Å². The summed E-state index contributed by atoms with van der Waals surface area (Å²) in [5.74, 6) is -0.888. The van der Waals surface area contributed by atoms with Gasteiger partial charge in [0.05, 0.1) is 41.1 Å². The van der Waals surface area contributed by atoms with E-state index in [-0.39, 0.29) is 17.7 Å². The van der Waals surface area contributed by atoms with Crippen LogP contribution in [0.15, 0.2) is 75.7 Å². The highest BCUT2D eigenvalue weighted by molar-refractivity contribution is 7.07. The van der Waals surface area contributed by atoms with Crippen LogP contribution in [0.5, 0.6) is 5.75 Å². The first-order chi connectivity index (χ1) is 20.7. The van der Waals surface area contributed by atoms with Crippen LogP contribution in [0.25, 0.3) is 11.8 Å². The molecule has 10 heteroatoms. The van der Waals surface area contributed by atoms with E-state index in [1.807, 2.05) is 67.8 Å². The van der Waals surface area contributed by atoms with Crippen molar-refractivity contribution >= 4 is 29.4 Å². The molecule has 222 valence electrons. The van der Waals surface area contributed by atoms with Crippen LogP contribution in [0, 0.1) is 13.8 Å². The van der Waals surface area contributed by atoms with E-state index < -0.39 is 18.0 Å². The first kappa shape index (κ1) is 29.8. The van der Waals surface area contributed by atoms with Gasteiger partial charge in [-0.1, -0.05) is 42.9 Å². The average molecular weight is 600 g/mol. The number of allylic oxidation sites excluding steroid dienone is 1. The number of hydrogen-bond acceptors (Lipinski definition) is 7. The van der Waals surface area contributed by atoms with E-state index in [0.29, 0.717) is 32.8 Å². The fourth-order valence-corrected chi connectivity index (χ4v) is 6.51. The lowest BCUT2D eigenvalue weighted by Crippen LogP contribution is -2.40. The van der Waals surface area contributed by atoms with Gasteiger partial charge in [0.15, 0.2) is 4.80 Å². The lowest BCUT2D eigenvalue weighted by Gasteiger charge is -2.26. The zero-order valence-corrected chi connectivity index (χ0v) is 25.5. The van der Waals surface area contributed by atoms with Gasteiger partial charge in [-0.05, 0) is 80.8 Å². The van der Waals surface area contributed by atoms with E-state index in [1.165, 1.54) is 11.3 Å². The smallest absolute Gasteiger partial charge is 0.338 e. The van der Waals surface area contributed by atoms with Gasteiger partial charge in [-0.2, -0.15) is 0 Å². The Morgan fingerprint density at radius 1 is 1.09 bits per heavy atom. The fourth-order valence-electron chi connectivity index (χ4n) is 5.50. The van der Waals surface area contributed by atoms with Gasteiger partial charge < -0.3 is 19.1 Å². The van der Waals surface area contributed by atoms with Crippen molar-refractivity contribution in [2.24, 2.45) is 4.99 Å². The number of aromatic carboxylic acids is 1. The van der Waals surface area contributed by atoms with Crippen molar-refractivity contribution in [2.75, 3.05) is 13.7 Å². The van der Waals surface area contributed by atoms with Gasteiger partial charge in [-0.3, -0.25) is 9.36 Å². The summed E-state index contributed by atoms with van der Waals surface area (Å²) in [7, 11) is 1.57. The quantitative estimate of drug-likeness (QED) is 0.280. The van der Waals surface area contributed by atoms with Gasteiger partial charge in [0.25, 0.3) is 5.56 Å². The molecule has 9 nitrogen and oxygen atoms in total. The molecule has 0 saturated heterocycles. The minimum Gasteiger partial charge on any atom is -0.497 e. The summed E-state index contributed by atoms with van der Waals surface area (Å²) in [4.78, 5) is 44.4. The molecule has 1 atom stereocenters. The third kappa shape index (κ3) is 5.58. The number of fused-ring (bicyclic) bond motifs is 1. The Hall–Kier alpha value is -4.70. The lowest BCUT2D eigenvalue weighted by atomic mass is 9.94. The molecule has 43 heavy (non-hydrogen) atoms. The number of aromatic nitrogens is 2. The van der Waals surface area contributed by atoms with Gasteiger partial charge in [0, 0.05) is 17.1 Å². The van der Waals surface area contributed by atoms with Crippen LogP contribution >= 0.6 is 11.3 Å². The van der Waals surface area contributed by atoms with Crippen molar-refractivity contribution in [1.82, 2.24) is 9.13 Å². The molecular weight excluding hydrogens is 566 g/mol. The topological polar surface area (TPSA) is 112 Å². The molecule has 0 aliphatic carbocycles. The number of esters is 1. The number of nitrogens with zero attached hydrogens (tertiary/aromatic N) is 3. The number of carboxylic acids is 1. The highest BCUT2D eigenvalue weighted by Gasteiger charge is 2.34. The molecule has 0 bridgehead atoms. The number of rotatable bonds is 9. The molecular formula is C33H33N3O6S. The second-order valence-electron chi connectivity index (χ2n) is 10.2. The van der Waals surface area contributed by atoms with E-state index in [4.69, 9.17) is 14.5 Å². The second-order valence-corrected chi connectivity index (χ2v) is 11.2. The van der Waals surface area contributed by atoms with Crippen LogP contribution in [0.4, 0.5) is 0 Å². The molecule has 4 aromatic rings. The van der Waals surface area contributed by atoms with E-state index in [1.54, 1.807) is 36.8 Å². The summed E-state index contributed by atoms with van der Waals surface area (Å²) in [5.41, 5.74) is 4.89. The van der Waals surface area contributed by atoms with E-state index >= 15 is 0 Å². The van der Waals surface area contributed by atoms with Crippen molar-refractivity contribution in [3.05, 3.63) is 114 Å². The monoisotopic (exact) mass is 599 g/mol. The summed E-state index contributed by atoms with van der Waals surface area (Å²) in [6.45, 7) is 7.83. The second kappa shape index (κ2) is 12.3. The summed E-state index contributed by atoms with van der Waals surface area (Å²) in [5, 5.41) is 9.47. The minimum atomic E-state index is -0.999. The number of hydrogen-bond donors (Lipinski definition) is 1. The highest BCUT2D eigenvalue weighted by atomic mass is 32.1. The van der Waals surface area contributed by atoms with Crippen molar-refractivity contribution in [3.63, 3.8) is 0 Å². The maximum atomic E-state index is 14.1. The number of carboxylic acid groups (broad SMARTS) is 1. The fraction of sp³-hybridized carbons (Fsp3) is 0.273. The Morgan fingerprint density at radius 3 is 2.56 bits per heavy atom. The first-order valence-electron chi connectivity index (χ1n) is 14.1. The molecule has 0 saturated carbocycles. The zero-order chi connectivity index (χ0) is 30.8. The van der Waals surface area contributed by atoms with Gasteiger partial charge >= 0.3 is 11.9 Å². The molecule has 0 unspecified atom stereocenters. The van der Waals surface area contributed by atoms with Crippen LogP contribution in [0.2, 0.25) is 0 Å². The molecule has 0 amide bonds. The Bertz CT molecular complexity index is 1950. The zero-order valence-electron chi connectivity index (χ0n) is 24.7. The Labute approximate surface area is 252 Å². The normalized spacial score (nSPS) is 14.8. The molecule has 1 N–H and O–H groups in total. The van der Waals surface area contributed by atoms with Crippen molar-refractivity contribution in [3.8, 4) is 11.4 Å². The largest absolute Gasteiger partial charge is 0.497 e. The molecule has 1 aliphatic rings. The van der Waals surface area contributed by atoms with E-state index in [0.717, 1.165) is 34.6 Å². The van der Waals surface area contributed by atoms with Crippen LogP contribution in [-0.2, 0) is 9.53 Å². The third-order valence-corrected chi connectivity index (χ3v) is 8.39. The van der Waals surface area contributed by atoms with E-state index in [2.05, 4.69) is 0 Å². The number of aryl methyl sites for hydroxylation is 1. The Kier molecular flexibility index (Phi) is 8.50.